The number of nitrogens with two attached hydrogens (primary N) is 2. The van der Waals surface area contributed by atoms with Crippen molar-refractivity contribution in [1.29, 1.82) is 5.41 Å². The minimum absolute atomic E-state index is 0.0492. The van der Waals surface area contributed by atoms with E-state index >= 15 is 0 Å². The second-order valence-corrected chi connectivity index (χ2v) is 10.9. The molecule has 0 spiro atoms. The molecule has 14 heteroatoms. The summed E-state index contributed by atoms with van der Waals surface area (Å²) in [5, 5.41) is 18.5. The number of nitrogens with one attached hydrogen (secondary N) is 5. The smallest absolute Gasteiger partial charge is 0.243 e. The number of hydrogen-bond donors (Lipinski definition) is 7. The van der Waals surface area contributed by atoms with Crippen molar-refractivity contribution < 1.29 is 24.0 Å². The summed E-state index contributed by atoms with van der Waals surface area (Å²) in [4.78, 5) is 67.7. The van der Waals surface area contributed by atoms with Gasteiger partial charge in [0.25, 0.3) is 0 Å². The Kier molecular flexibility index (Phi) is 14.5. The van der Waals surface area contributed by atoms with Crippen LogP contribution < -0.4 is 32.7 Å². The van der Waals surface area contributed by atoms with Crippen molar-refractivity contribution in [3.05, 3.63) is 0 Å². The van der Waals surface area contributed by atoms with Gasteiger partial charge >= 0.3 is 0 Å². The fraction of sp³-hybridized carbons (Fsp3) is 0.778. The zero-order valence-corrected chi connectivity index (χ0v) is 24.5. The minimum Gasteiger partial charge on any atom is -0.370 e. The first-order valence-corrected chi connectivity index (χ1v) is 14.8. The van der Waals surface area contributed by atoms with E-state index in [-0.39, 0.29) is 43.2 Å². The van der Waals surface area contributed by atoms with Gasteiger partial charge in [-0.05, 0) is 45.7 Å². The molecule has 0 bridgehead atoms. The summed E-state index contributed by atoms with van der Waals surface area (Å²) in [6.45, 7) is 3.24. The molecule has 0 aromatic carbocycles. The van der Waals surface area contributed by atoms with Crippen LogP contribution in [0.2, 0.25) is 0 Å². The summed E-state index contributed by atoms with van der Waals surface area (Å²) in [5.74, 6) is -2.13. The van der Waals surface area contributed by atoms with Crippen LogP contribution >= 0.6 is 0 Å². The van der Waals surface area contributed by atoms with Crippen LogP contribution in [0.1, 0.15) is 71.1 Å². The van der Waals surface area contributed by atoms with Crippen molar-refractivity contribution in [2.75, 3.05) is 39.8 Å². The van der Waals surface area contributed by atoms with Gasteiger partial charge in [-0.1, -0.05) is 32.6 Å². The number of rotatable bonds is 18. The summed E-state index contributed by atoms with van der Waals surface area (Å²) in [6, 6.07) is -3.19. The number of ketones is 1. The Hall–Kier alpha value is -3.26. The molecule has 4 amide bonds. The number of piperazine rings is 2. The molecule has 232 valence electrons. The van der Waals surface area contributed by atoms with E-state index in [9.17, 15) is 24.0 Å². The lowest BCUT2D eigenvalue weighted by atomic mass is 9.97. The Morgan fingerprint density at radius 1 is 0.902 bits per heavy atom. The van der Waals surface area contributed by atoms with E-state index in [1.807, 2.05) is 14.0 Å². The highest BCUT2D eigenvalue weighted by molar-refractivity contribution is 5.97. The summed E-state index contributed by atoms with van der Waals surface area (Å²) >= 11 is 0. The van der Waals surface area contributed by atoms with Crippen LogP contribution in [0.25, 0.3) is 0 Å². The Bertz CT molecular complexity index is 931. The Morgan fingerprint density at radius 2 is 1.56 bits per heavy atom. The lowest BCUT2D eigenvalue weighted by Gasteiger charge is -2.41. The van der Waals surface area contributed by atoms with Crippen molar-refractivity contribution >= 4 is 35.4 Å². The third-order valence-corrected chi connectivity index (χ3v) is 7.63. The topological polar surface area (TPSA) is 216 Å². The maximum absolute atomic E-state index is 13.5. The fourth-order valence-corrected chi connectivity index (χ4v) is 5.32. The van der Waals surface area contributed by atoms with Gasteiger partial charge in [-0.3, -0.25) is 34.3 Å². The Balaban J connectivity index is 2.10. The van der Waals surface area contributed by atoms with Gasteiger partial charge in [0.15, 0.2) is 11.7 Å². The molecule has 14 nitrogen and oxygen atoms in total. The number of primary amides is 1. The molecular weight excluding hydrogens is 530 g/mol. The van der Waals surface area contributed by atoms with E-state index in [2.05, 4.69) is 21.3 Å². The molecule has 0 aliphatic carbocycles. The number of Topliss-reactive ketones (excluding diaryl/α,β-unsaturated/α-hetero) is 1. The zero-order chi connectivity index (χ0) is 30.4. The van der Waals surface area contributed by atoms with Gasteiger partial charge in [0, 0.05) is 26.1 Å². The van der Waals surface area contributed by atoms with E-state index in [1.165, 1.54) is 0 Å². The summed E-state index contributed by atoms with van der Waals surface area (Å²) in [5.41, 5.74) is 10.8. The summed E-state index contributed by atoms with van der Waals surface area (Å²) < 4.78 is 0. The van der Waals surface area contributed by atoms with Crippen molar-refractivity contribution in [2.45, 2.75) is 95.3 Å². The van der Waals surface area contributed by atoms with Gasteiger partial charge < -0.3 is 37.6 Å². The highest BCUT2D eigenvalue weighted by Crippen LogP contribution is 2.20. The number of nitrogens with zero attached hydrogens (tertiary/aromatic N) is 2. The first-order valence-electron chi connectivity index (χ1n) is 14.8. The van der Waals surface area contributed by atoms with Crippen molar-refractivity contribution in [1.82, 2.24) is 31.1 Å². The standard InChI is InChI=1S/C27H49N9O5/c1-3-4-10-21-26(41)33-18(16-36(21)23(38)12-7-5-6-8-13-31-2)22(37)17-35-15-19(24(28)39)34-25(40)20(35)11-9-14-32-27(29)30/h18-21,31H,3-17H2,1-2H3,(H2,28,39)(H,33,41)(H,34,40)(H4,29,30,32)/t18-,19-,20+,21+/m1/s1. The van der Waals surface area contributed by atoms with Gasteiger partial charge in [-0.2, -0.15) is 0 Å². The summed E-state index contributed by atoms with van der Waals surface area (Å²) in [6.07, 6.45) is 7.01. The van der Waals surface area contributed by atoms with Crippen LogP contribution in [0.15, 0.2) is 0 Å². The highest BCUT2D eigenvalue weighted by atomic mass is 16.2. The van der Waals surface area contributed by atoms with Crippen LogP contribution in [-0.4, -0.2) is 109 Å². The molecule has 2 saturated heterocycles. The number of amides is 4. The minimum atomic E-state index is -0.951. The van der Waals surface area contributed by atoms with E-state index in [0.717, 1.165) is 45.1 Å². The van der Waals surface area contributed by atoms with E-state index in [0.29, 0.717) is 32.2 Å². The third-order valence-electron chi connectivity index (χ3n) is 7.63. The molecule has 0 unspecified atom stereocenters. The van der Waals surface area contributed by atoms with Gasteiger partial charge in [-0.15, -0.1) is 0 Å². The van der Waals surface area contributed by atoms with Gasteiger partial charge in [-0.25, -0.2) is 0 Å². The molecule has 2 aliphatic rings. The Labute approximate surface area is 242 Å². The molecule has 4 atom stereocenters. The van der Waals surface area contributed by atoms with Crippen LogP contribution in [0.3, 0.4) is 0 Å². The SMILES string of the molecule is CCCC[C@H]1C(=O)N[C@@H](C(=O)CN2C[C@H](C(N)=O)NC(=O)[C@@H]2CCCNC(=N)N)CN1C(=O)CCCCCCNC. The number of carbonyl (C=O) groups excluding carboxylic acids is 5. The highest BCUT2D eigenvalue weighted by Gasteiger charge is 2.42. The molecule has 2 heterocycles. The van der Waals surface area contributed by atoms with Crippen LogP contribution in [0.4, 0.5) is 0 Å². The Morgan fingerprint density at radius 3 is 2.22 bits per heavy atom. The van der Waals surface area contributed by atoms with Crippen LogP contribution in [0.5, 0.6) is 0 Å². The van der Waals surface area contributed by atoms with E-state index in [4.69, 9.17) is 16.9 Å². The molecular formula is C27H49N9O5. The zero-order valence-electron chi connectivity index (χ0n) is 24.5. The molecule has 0 saturated carbocycles. The first kappa shape index (κ1) is 33.9. The number of guanidine groups is 1. The molecule has 9 N–H and O–H groups in total. The maximum Gasteiger partial charge on any atom is 0.243 e. The van der Waals surface area contributed by atoms with Gasteiger partial charge in [0.1, 0.15) is 18.1 Å². The van der Waals surface area contributed by atoms with Crippen molar-refractivity contribution in [2.24, 2.45) is 11.5 Å². The largest absolute Gasteiger partial charge is 0.370 e. The van der Waals surface area contributed by atoms with E-state index in [1.54, 1.807) is 9.80 Å². The number of carbonyl (C=O) groups is 5. The van der Waals surface area contributed by atoms with Crippen LogP contribution in [-0.2, 0) is 24.0 Å². The lowest BCUT2D eigenvalue weighted by molar-refractivity contribution is -0.148. The van der Waals surface area contributed by atoms with Crippen molar-refractivity contribution in [3.8, 4) is 0 Å². The molecule has 2 rings (SSSR count). The lowest BCUT2D eigenvalue weighted by Crippen LogP contribution is -2.67. The number of hydrogen-bond acceptors (Lipinski definition) is 8. The van der Waals surface area contributed by atoms with E-state index < -0.39 is 36.0 Å². The van der Waals surface area contributed by atoms with Crippen LogP contribution in [0, 0.1) is 5.41 Å². The summed E-state index contributed by atoms with van der Waals surface area (Å²) in [7, 11) is 1.91. The molecule has 2 fully saturated rings. The van der Waals surface area contributed by atoms with Crippen molar-refractivity contribution in [3.63, 3.8) is 0 Å². The maximum atomic E-state index is 13.5. The fourth-order valence-electron chi connectivity index (χ4n) is 5.32. The quantitative estimate of drug-likeness (QED) is 0.0572. The molecule has 0 aromatic rings. The predicted octanol–water partition coefficient (Wildman–Crippen LogP) is -1.47. The molecule has 0 aromatic heterocycles. The second kappa shape index (κ2) is 17.5. The average molecular weight is 580 g/mol. The molecule has 0 radical (unpaired) electrons. The first-order chi connectivity index (χ1) is 19.6. The number of unbranched alkanes of at least 4 members (excludes halogenated alkanes) is 4. The van der Waals surface area contributed by atoms with Gasteiger partial charge in [0.2, 0.25) is 23.6 Å². The third kappa shape index (κ3) is 10.9. The monoisotopic (exact) mass is 579 g/mol. The second-order valence-electron chi connectivity index (χ2n) is 10.9. The predicted molar refractivity (Wildman–Crippen MR) is 155 cm³/mol. The normalized spacial score (nSPS) is 23.0. The van der Waals surface area contributed by atoms with Gasteiger partial charge in [0.05, 0.1) is 12.6 Å². The average Bonchev–Trinajstić information content (AvgIpc) is 2.92. The molecule has 2 aliphatic heterocycles. The molecule has 41 heavy (non-hydrogen) atoms.